The Morgan fingerprint density at radius 1 is 1.20 bits per heavy atom. The number of hydrogen-bond donors (Lipinski definition) is 0. The first kappa shape index (κ1) is 15.0. The van der Waals surface area contributed by atoms with Crippen molar-refractivity contribution >= 4 is 23.2 Å². The lowest BCUT2D eigenvalue weighted by Gasteiger charge is -2.26. The van der Waals surface area contributed by atoms with Crippen LogP contribution in [0.4, 0.5) is 5.82 Å². The number of hydrogen-bond acceptors (Lipinski definition) is 4. The van der Waals surface area contributed by atoms with Crippen LogP contribution in [0.5, 0.6) is 0 Å². The number of aromatic nitrogens is 4. The van der Waals surface area contributed by atoms with Crippen molar-refractivity contribution in [2.75, 3.05) is 18.0 Å². The highest BCUT2D eigenvalue weighted by molar-refractivity contribution is 6.30. The zero-order chi connectivity index (χ0) is 14.5. The molecule has 0 saturated heterocycles. The number of fused-ring (bicyclic) bond motifs is 1. The highest BCUT2D eigenvalue weighted by atomic mass is 35.5. The van der Waals surface area contributed by atoms with E-state index in [9.17, 15) is 0 Å². The van der Waals surface area contributed by atoms with Gasteiger partial charge in [0.1, 0.15) is 17.3 Å². The highest BCUT2D eigenvalue weighted by Crippen LogP contribution is 2.26. The third kappa shape index (κ3) is 3.03. The Balaban J connectivity index is 2.44. The molecule has 0 unspecified atom stereocenters. The summed E-state index contributed by atoms with van der Waals surface area (Å²) in [6.45, 7) is 8.42. The van der Waals surface area contributed by atoms with Gasteiger partial charge in [-0.15, -0.1) is 0 Å². The maximum atomic E-state index is 6.24. The second kappa shape index (κ2) is 6.88. The number of anilines is 1. The smallest absolute Gasteiger partial charge is 0.255 e. The molecular weight excluding hydrogens is 274 g/mol. The largest absolute Gasteiger partial charge is 0.356 e. The fourth-order valence-electron chi connectivity index (χ4n) is 2.28. The van der Waals surface area contributed by atoms with Crippen LogP contribution in [0.3, 0.4) is 0 Å². The minimum Gasteiger partial charge on any atom is -0.356 e. The highest BCUT2D eigenvalue weighted by Gasteiger charge is 2.17. The van der Waals surface area contributed by atoms with Gasteiger partial charge in [-0.2, -0.15) is 19.6 Å². The summed E-state index contributed by atoms with van der Waals surface area (Å²) < 4.78 is 1.80. The molecule has 0 N–H and O–H groups in total. The first-order valence-electron chi connectivity index (χ1n) is 7.29. The molecule has 0 fully saturated rings. The first-order chi connectivity index (χ1) is 9.69. The molecule has 5 nitrogen and oxygen atoms in total. The fraction of sp³-hybridized carbons (Fsp3) is 0.643. The molecule has 0 aromatic carbocycles. The Kier molecular flexibility index (Phi) is 5.17. The molecule has 0 bridgehead atoms. The van der Waals surface area contributed by atoms with Gasteiger partial charge in [0.2, 0.25) is 0 Å². The van der Waals surface area contributed by atoms with E-state index in [2.05, 4.69) is 33.8 Å². The fourth-order valence-corrected chi connectivity index (χ4v) is 2.44. The molecule has 0 spiro atoms. The summed E-state index contributed by atoms with van der Waals surface area (Å²) in [5.74, 6) is 1.59. The third-order valence-electron chi connectivity index (χ3n) is 3.44. The van der Waals surface area contributed by atoms with Gasteiger partial charge in [0.25, 0.3) is 5.78 Å². The summed E-state index contributed by atoms with van der Waals surface area (Å²) in [4.78, 5) is 10.8. The van der Waals surface area contributed by atoms with Crippen LogP contribution in [-0.2, 0) is 0 Å². The lowest BCUT2D eigenvalue weighted by molar-refractivity contribution is 0.659. The molecule has 0 saturated carbocycles. The molecule has 0 aliphatic heterocycles. The summed E-state index contributed by atoms with van der Waals surface area (Å²) in [5, 5.41) is 4.81. The summed E-state index contributed by atoms with van der Waals surface area (Å²) in [6.07, 6.45) is 6.17. The van der Waals surface area contributed by atoms with Crippen LogP contribution in [0, 0.1) is 6.92 Å². The van der Waals surface area contributed by atoms with Gasteiger partial charge in [-0.1, -0.05) is 38.3 Å². The molecule has 0 aliphatic rings. The summed E-state index contributed by atoms with van der Waals surface area (Å²) in [7, 11) is 0. The monoisotopic (exact) mass is 295 g/mol. The molecule has 0 atom stereocenters. The zero-order valence-electron chi connectivity index (χ0n) is 12.4. The molecule has 110 valence electrons. The second-order valence-corrected chi connectivity index (χ2v) is 5.38. The van der Waals surface area contributed by atoms with Crippen LogP contribution in [0.25, 0.3) is 5.78 Å². The van der Waals surface area contributed by atoms with Gasteiger partial charge in [-0.05, 0) is 19.8 Å². The van der Waals surface area contributed by atoms with E-state index in [1.807, 2.05) is 6.92 Å². The Morgan fingerprint density at radius 3 is 2.45 bits per heavy atom. The molecule has 2 aromatic heterocycles. The van der Waals surface area contributed by atoms with E-state index in [4.69, 9.17) is 11.6 Å². The minimum absolute atomic E-state index is 0.512. The number of halogens is 1. The quantitative estimate of drug-likeness (QED) is 0.734. The zero-order valence-corrected chi connectivity index (χ0v) is 13.2. The molecule has 2 rings (SSSR count). The molecule has 6 heteroatoms. The van der Waals surface area contributed by atoms with E-state index in [1.165, 1.54) is 19.2 Å². The maximum absolute atomic E-state index is 6.24. The Labute approximate surface area is 125 Å². The summed E-state index contributed by atoms with van der Waals surface area (Å²) >= 11 is 6.24. The van der Waals surface area contributed by atoms with E-state index < -0.39 is 0 Å². The predicted octanol–water partition coefficient (Wildman–Crippen LogP) is 3.49. The van der Waals surface area contributed by atoms with Crippen LogP contribution in [0.1, 0.15) is 45.1 Å². The third-order valence-corrected chi connectivity index (χ3v) is 3.80. The van der Waals surface area contributed by atoms with Crippen molar-refractivity contribution in [2.45, 2.75) is 46.5 Å². The van der Waals surface area contributed by atoms with Crippen molar-refractivity contribution in [3.05, 3.63) is 17.0 Å². The topological polar surface area (TPSA) is 46.3 Å². The van der Waals surface area contributed by atoms with Crippen LogP contribution in [0.2, 0.25) is 5.15 Å². The van der Waals surface area contributed by atoms with Crippen molar-refractivity contribution < 1.29 is 0 Å². The normalized spacial score (nSPS) is 11.2. The van der Waals surface area contributed by atoms with Crippen molar-refractivity contribution in [3.8, 4) is 0 Å². The SMILES string of the molecule is CCCCN(CCCC)c1c(C)c(Cl)nc2ncnn12. The van der Waals surface area contributed by atoms with Crippen LogP contribution in [-0.4, -0.2) is 32.7 Å². The van der Waals surface area contributed by atoms with Gasteiger partial charge in [-0.3, -0.25) is 0 Å². The Bertz CT molecular complexity index is 558. The molecule has 2 heterocycles. The van der Waals surface area contributed by atoms with Crippen molar-refractivity contribution in [1.29, 1.82) is 0 Å². The standard InChI is InChI=1S/C14H22ClN5/c1-4-6-8-19(9-7-5-2)13-11(3)12(15)18-14-16-10-17-20(13)14/h10H,4-9H2,1-3H3. The maximum Gasteiger partial charge on any atom is 0.255 e. The van der Waals surface area contributed by atoms with Gasteiger partial charge in [0, 0.05) is 18.7 Å². The predicted molar refractivity (Wildman–Crippen MR) is 82.6 cm³/mol. The van der Waals surface area contributed by atoms with Crippen molar-refractivity contribution in [2.24, 2.45) is 0 Å². The van der Waals surface area contributed by atoms with E-state index >= 15 is 0 Å². The van der Waals surface area contributed by atoms with E-state index in [0.29, 0.717) is 10.9 Å². The molecule has 0 aliphatic carbocycles. The lowest BCUT2D eigenvalue weighted by atomic mass is 10.2. The van der Waals surface area contributed by atoms with Gasteiger partial charge >= 0.3 is 0 Å². The van der Waals surface area contributed by atoms with Gasteiger partial charge in [0.05, 0.1) is 0 Å². The van der Waals surface area contributed by atoms with Crippen LogP contribution in [0.15, 0.2) is 6.33 Å². The Morgan fingerprint density at radius 2 is 1.85 bits per heavy atom. The van der Waals surface area contributed by atoms with Crippen LogP contribution < -0.4 is 4.90 Å². The van der Waals surface area contributed by atoms with E-state index in [0.717, 1.165) is 37.3 Å². The van der Waals surface area contributed by atoms with Crippen molar-refractivity contribution in [3.63, 3.8) is 0 Å². The summed E-state index contributed by atoms with van der Waals surface area (Å²) in [5.41, 5.74) is 0.969. The van der Waals surface area contributed by atoms with E-state index in [-0.39, 0.29) is 0 Å². The van der Waals surface area contributed by atoms with Crippen molar-refractivity contribution in [1.82, 2.24) is 19.6 Å². The lowest BCUT2D eigenvalue weighted by Crippen LogP contribution is -2.29. The molecular formula is C14H22ClN5. The first-order valence-corrected chi connectivity index (χ1v) is 7.67. The molecule has 0 radical (unpaired) electrons. The van der Waals surface area contributed by atoms with Gasteiger partial charge in [0.15, 0.2) is 0 Å². The summed E-state index contributed by atoms with van der Waals surface area (Å²) in [6, 6.07) is 0. The Hall–Kier alpha value is -1.36. The molecule has 0 amide bonds. The average molecular weight is 296 g/mol. The second-order valence-electron chi connectivity index (χ2n) is 5.02. The number of rotatable bonds is 7. The molecule has 20 heavy (non-hydrogen) atoms. The van der Waals surface area contributed by atoms with Crippen LogP contribution >= 0.6 is 11.6 Å². The van der Waals surface area contributed by atoms with Gasteiger partial charge < -0.3 is 4.90 Å². The molecule has 2 aromatic rings. The number of unbranched alkanes of at least 4 members (excludes halogenated alkanes) is 2. The van der Waals surface area contributed by atoms with E-state index in [1.54, 1.807) is 4.52 Å². The number of nitrogens with zero attached hydrogens (tertiary/aromatic N) is 5. The average Bonchev–Trinajstić information content (AvgIpc) is 2.89. The minimum atomic E-state index is 0.512. The van der Waals surface area contributed by atoms with Gasteiger partial charge in [-0.25, -0.2) is 0 Å².